The maximum atomic E-state index is 11.3. The summed E-state index contributed by atoms with van der Waals surface area (Å²) >= 11 is 3.29. The molecule has 2 rings (SSSR count). The fourth-order valence-electron chi connectivity index (χ4n) is 1.47. The molecule has 2 heterocycles. The van der Waals surface area contributed by atoms with Crippen LogP contribution in [0.1, 0.15) is 12.0 Å². The molecule has 0 N–H and O–H groups in total. The summed E-state index contributed by atoms with van der Waals surface area (Å²) in [6, 6.07) is 3.91. The van der Waals surface area contributed by atoms with Crippen LogP contribution < -0.4 is 4.90 Å². The standard InChI is InChI=1S/C9H9BrN2O/c1-12-8(13)5-3-6-2-4-7(10)11-9(6)12/h2,4H,3,5H2,1H3. The molecule has 0 fully saturated rings. The predicted octanol–water partition coefficient (Wildman–Crippen LogP) is 1.75. The van der Waals surface area contributed by atoms with Crippen molar-refractivity contribution < 1.29 is 4.79 Å². The number of carbonyl (C=O) groups excluding carboxylic acids is 1. The minimum Gasteiger partial charge on any atom is -0.300 e. The summed E-state index contributed by atoms with van der Waals surface area (Å²) in [4.78, 5) is 17.2. The van der Waals surface area contributed by atoms with Gasteiger partial charge in [-0.25, -0.2) is 4.98 Å². The SMILES string of the molecule is CN1C(=O)CCc2ccc(Br)nc21. The number of nitrogens with zero attached hydrogens (tertiary/aromatic N) is 2. The Hall–Kier alpha value is -0.900. The van der Waals surface area contributed by atoms with E-state index in [2.05, 4.69) is 20.9 Å². The summed E-state index contributed by atoms with van der Waals surface area (Å²) < 4.78 is 0.771. The topological polar surface area (TPSA) is 33.2 Å². The van der Waals surface area contributed by atoms with Crippen molar-refractivity contribution in [1.29, 1.82) is 0 Å². The first-order chi connectivity index (χ1) is 6.18. The maximum Gasteiger partial charge on any atom is 0.228 e. The smallest absolute Gasteiger partial charge is 0.228 e. The number of carbonyl (C=O) groups is 1. The molecule has 4 heteroatoms. The van der Waals surface area contributed by atoms with E-state index in [1.807, 2.05) is 12.1 Å². The van der Waals surface area contributed by atoms with E-state index in [0.29, 0.717) is 6.42 Å². The Morgan fingerprint density at radius 3 is 3.00 bits per heavy atom. The van der Waals surface area contributed by atoms with Gasteiger partial charge >= 0.3 is 0 Å². The van der Waals surface area contributed by atoms with E-state index < -0.39 is 0 Å². The van der Waals surface area contributed by atoms with Gasteiger partial charge in [-0.3, -0.25) is 9.69 Å². The second-order valence-electron chi connectivity index (χ2n) is 3.07. The summed E-state index contributed by atoms with van der Waals surface area (Å²) in [5.41, 5.74) is 1.14. The lowest BCUT2D eigenvalue weighted by atomic mass is 10.1. The van der Waals surface area contributed by atoms with E-state index in [4.69, 9.17) is 0 Å². The van der Waals surface area contributed by atoms with Gasteiger partial charge in [-0.15, -0.1) is 0 Å². The lowest BCUT2D eigenvalue weighted by Gasteiger charge is -2.24. The zero-order valence-corrected chi connectivity index (χ0v) is 8.84. The molecule has 1 aliphatic rings. The van der Waals surface area contributed by atoms with Gasteiger partial charge in [-0.2, -0.15) is 0 Å². The molecule has 0 bridgehead atoms. The number of amides is 1. The molecule has 1 aromatic rings. The summed E-state index contributed by atoms with van der Waals surface area (Å²) in [6.45, 7) is 0. The van der Waals surface area contributed by atoms with Gasteiger partial charge in [0.05, 0.1) is 0 Å². The van der Waals surface area contributed by atoms with Crippen LogP contribution in [0, 0.1) is 0 Å². The molecule has 0 saturated carbocycles. The number of anilines is 1. The minimum absolute atomic E-state index is 0.137. The van der Waals surface area contributed by atoms with Gasteiger partial charge in [0.15, 0.2) is 0 Å². The van der Waals surface area contributed by atoms with Crippen molar-refractivity contribution in [2.45, 2.75) is 12.8 Å². The largest absolute Gasteiger partial charge is 0.300 e. The van der Waals surface area contributed by atoms with Crippen molar-refractivity contribution in [2.24, 2.45) is 0 Å². The third kappa shape index (κ3) is 1.46. The van der Waals surface area contributed by atoms with Crippen LogP contribution in [0.15, 0.2) is 16.7 Å². The monoisotopic (exact) mass is 240 g/mol. The van der Waals surface area contributed by atoms with Crippen molar-refractivity contribution in [3.05, 3.63) is 22.3 Å². The van der Waals surface area contributed by atoms with Gasteiger partial charge in [-0.05, 0) is 34.0 Å². The van der Waals surface area contributed by atoms with Crippen LogP contribution in [0.5, 0.6) is 0 Å². The molecule has 1 aromatic heterocycles. The number of aromatic nitrogens is 1. The second kappa shape index (κ2) is 3.10. The average Bonchev–Trinajstić information content (AvgIpc) is 2.12. The molecule has 0 spiro atoms. The van der Waals surface area contributed by atoms with Gasteiger partial charge in [0.25, 0.3) is 0 Å². The van der Waals surface area contributed by atoms with Gasteiger partial charge < -0.3 is 0 Å². The highest BCUT2D eigenvalue weighted by molar-refractivity contribution is 9.10. The molecule has 0 aromatic carbocycles. The Morgan fingerprint density at radius 2 is 2.23 bits per heavy atom. The minimum atomic E-state index is 0.137. The number of hydrogen-bond acceptors (Lipinski definition) is 2. The number of pyridine rings is 1. The van der Waals surface area contributed by atoms with Crippen molar-refractivity contribution in [1.82, 2.24) is 4.98 Å². The van der Waals surface area contributed by atoms with Gasteiger partial charge in [-0.1, -0.05) is 6.07 Å². The lowest BCUT2D eigenvalue weighted by Crippen LogP contribution is -2.31. The summed E-state index contributed by atoms with van der Waals surface area (Å²) in [7, 11) is 1.76. The average molecular weight is 241 g/mol. The molecule has 3 nitrogen and oxygen atoms in total. The predicted molar refractivity (Wildman–Crippen MR) is 53.7 cm³/mol. The molecule has 0 atom stereocenters. The molecular weight excluding hydrogens is 232 g/mol. The summed E-state index contributed by atoms with van der Waals surface area (Å²) in [5.74, 6) is 0.920. The van der Waals surface area contributed by atoms with Crippen LogP contribution >= 0.6 is 15.9 Å². The molecular formula is C9H9BrN2O. The highest BCUT2D eigenvalue weighted by atomic mass is 79.9. The Balaban J connectivity index is 2.51. The highest BCUT2D eigenvalue weighted by Gasteiger charge is 2.21. The first-order valence-electron chi connectivity index (χ1n) is 4.10. The molecule has 0 radical (unpaired) electrons. The van der Waals surface area contributed by atoms with Crippen LogP contribution in [0.25, 0.3) is 0 Å². The molecule has 1 aliphatic heterocycles. The number of fused-ring (bicyclic) bond motifs is 1. The van der Waals surface area contributed by atoms with Crippen molar-refractivity contribution >= 4 is 27.7 Å². The fourth-order valence-corrected chi connectivity index (χ4v) is 1.77. The van der Waals surface area contributed by atoms with E-state index in [1.165, 1.54) is 0 Å². The Morgan fingerprint density at radius 1 is 1.46 bits per heavy atom. The van der Waals surface area contributed by atoms with Crippen LogP contribution in [0.2, 0.25) is 0 Å². The molecule has 0 aliphatic carbocycles. The first-order valence-corrected chi connectivity index (χ1v) is 4.90. The second-order valence-corrected chi connectivity index (χ2v) is 3.88. The Labute approximate surface area is 84.9 Å². The van der Waals surface area contributed by atoms with Crippen LogP contribution in [0.3, 0.4) is 0 Å². The Kier molecular flexibility index (Phi) is 2.07. The lowest BCUT2D eigenvalue weighted by molar-refractivity contribution is -0.118. The van der Waals surface area contributed by atoms with Crippen LogP contribution in [-0.2, 0) is 11.2 Å². The van der Waals surface area contributed by atoms with Crippen molar-refractivity contribution in [2.75, 3.05) is 11.9 Å². The van der Waals surface area contributed by atoms with E-state index in [-0.39, 0.29) is 5.91 Å². The molecule has 68 valence electrons. The Bertz CT molecular complexity index is 365. The number of rotatable bonds is 0. The number of halogens is 1. The van der Waals surface area contributed by atoms with Crippen LogP contribution in [0.4, 0.5) is 5.82 Å². The van der Waals surface area contributed by atoms with Crippen molar-refractivity contribution in [3.63, 3.8) is 0 Å². The normalized spacial score (nSPS) is 15.8. The zero-order valence-electron chi connectivity index (χ0n) is 7.25. The van der Waals surface area contributed by atoms with Gasteiger partial charge in [0, 0.05) is 13.5 Å². The maximum absolute atomic E-state index is 11.3. The molecule has 13 heavy (non-hydrogen) atoms. The molecule has 0 unspecified atom stereocenters. The molecule has 1 amide bonds. The number of aryl methyl sites for hydroxylation is 1. The van der Waals surface area contributed by atoms with E-state index >= 15 is 0 Å². The van der Waals surface area contributed by atoms with E-state index in [0.717, 1.165) is 22.4 Å². The summed E-state index contributed by atoms with van der Waals surface area (Å²) in [5, 5.41) is 0. The molecule has 0 saturated heterocycles. The highest BCUT2D eigenvalue weighted by Crippen LogP contribution is 2.25. The van der Waals surface area contributed by atoms with Crippen LogP contribution in [-0.4, -0.2) is 17.9 Å². The third-order valence-electron chi connectivity index (χ3n) is 2.22. The van der Waals surface area contributed by atoms with Gasteiger partial charge in [0.1, 0.15) is 10.4 Å². The van der Waals surface area contributed by atoms with Gasteiger partial charge in [0.2, 0.25) is 5.91 Å². The third-order valence-corrected chi connectivity index (χ3v) is 2.66. The fraction of sp³-hybridized carbons (Fsp3) is 0.333. The quantitative estimate of drug-likeness (QED) is 0.648. The van der Waals surface area contributed by atoms with E-state index in [1.54, 1.807) is 11.9 Å². The van der Waals surface area contributed by atoms with E-state index in [9.17, 15) is 4.79 Å². The zero-order chi connectivity index (χ0) is 9.42. The summed E-state index contributed by atoms with van der Waals surface area (Å²) in [6.07, 6.45) is 1.39. The number of hydrogen-bond donors (Lipinski definition) is 0. The first kappa shape index (κ1) is 8.69. The van der Waals surface area contributed by atoms with Crippen molar-refractivity contribution in [3.8, 4) is 0 Å².